The van der Waals surface area contributed by atoms with E-state index >= 15 is 0 Å². The molecule has 7 heteroatoms. The Balaban J connectivity index is 0.00000272. The highest BCUT2D eigenvalue weighted by molar-refractivity contribution is 6.01. The smallest absolute Gasteiger partial charge is 0.255 e. The minimum absolute atomic E-state index is 0. The van der Waals surface area contributed by atoms with Crippen LogP contribution in [0.15, 0.2) is 24.4 Å². The third-order valence-corrected chi connectivity index (χ3v) is 6.67. The molecule has 1 saturated heterocycles. The van der Waals surface area contributed by atoms with Gasteiger partial charge >= 0.3 is 0 Å². The number of carbonyl (C=O) groups excluding carboxylic acids is 2. The third-order valence-electron chi connectivity index (χ3n) is 6.67. The average molecular weight is 432 g/mol. The van der Waals surface area contributed by atoms with E-state index < -0.39 is 11.9 Å². The molecule has 2 amide bonds. The molecule has 4 rings (SSSR count). The van der Waals surface area contributed by atoms with Gasteiger partial charge in [-0.15, -0.1) is 0 Å². The fraction of sp³-hybridized carbons (Fsp3) is 0.583. The summed E-state index contributed by atoms with van der Waals surface area (Å²) < 4.78 is 21.0. The molecule has 0 bridgehead atoms. The lowest BCUT2D eigenvalue weighted by molar-refractivity contribution is -0.126. The zero-order chi connectivity index (χ0) is 21.4. The minimum Gasteiger partial charge on any atom is -0.486 e. The number of piperidine rings is 1. The van der Waals surface area contributed by atoms with Crippen LogP contribution >= 0.6 is 0 Å². The van der Waals surface area contributed by atoms with Crippen molar-refractivity contribution in [2.75, 3.05) is 13.1 Å². The average Bonchev–Trinajstić information content (AvgIpc) is 3.29. The zero-order valence-corrected chi connectivity index (χ0v) is 17.7. The number of nitrogens with zero attached hydrogens (tertiary/aromatic N) is 2. The number of fused-ring (bicyclic) bond motifs is 1. The van der Waals surface area contributed by atoms with E-state index in [1.807, 2.05) is 0 Å². The second-order valence-electron chi connectivity index (χ2n) is 8.40. The Morgan fingerprint density at radius 2 is 1.97 bits per heavy atom. The van der Waals surface area contributed by atoms with E-state index in [2.05, 4.69) is 30.6 Å². The van der Waals surface area contributed by atoms with Crippen molar-refractivity contribution in [3.8, 4) is 5.75 Å². The Bertz CT molecular complexity index is 868. The Labute approximate surface area is 184 Å². The Morgan fingerprint density at radius 1 is 1.23 bits per heavy atom. The number of carbonyl (C=O) groups is 2. The molecule has 3 aliphatic rings. The second-order valence-corrected chi connectivity index (χ2v) is 8.40. The molecule has 3 atom stereocenters. The maximum Gasteiger partial charge on any atom is 0.255 e. The maximum atomic E-state index is 14.9. The lowest BCUT2D eigenvalue weighted by Gasteiger charge is -2.31. The molecule has 1 aromatic rings. The Kier molecular flexibility index (Phi) is 7.04. The highest BCUT2D eigenvalue weighted by atomic mass is 19.1. The fourth-order valence-corrected chi connectivity index (χ4v) is 5.05. The van der Waals surface area contributed by atoms with Gasteiger partial charge in [-0.3, -0.25) is 14.5 Å². The second kappa shape index (κ2) is 9.39. The lowest BCUT2D eigenvalue weighted by atomic mass is 10.0. The van der Waals surface area contributed by atoms with Crippen LogP contribution in [-0.4, -0.2) is 52.9 Å². The van der Waals surface area contributed by atoms with Gasteiger partial charge in [-0.05, 0) is 62.9 Å². The molecule has 2 heterocycles. The van der Waals surface area contributed by atoms with Crippen molar-refractivity contribution in [1.82, 2.24) is 15.1 Å². The van der Waals surface area contributed by atoms with Gasteiger partial charge in [0.05, 0.1) is 0 Å². The summed E-state index contributed by atoms with van der Waals surface area (Å²) in [6.45, 7) is 10.2. The van der Waals surface area contributed by atoms with Gasteiger partial charge in [-0.2, -0.15) is 0 Å². The summed E-state index contributed by atoms with van der Waals surface area (Å²) in [4.78, 5) is 29.1. The van der Waals surface area contributed by atoms with Crippen molar-refractivity contribution in [2.45, 2.75) is 78.1 Å². The van der Waals surface area contributed by atoms with Crippen molar-refractivity contribution >= 4 is 11.8 Å². The number of nitrogens with one attached hydrogen (secondary N) is 1. The number of amides is 2. The van der Waals surface area contributed by atoms with Crippen LogP contribution in [0.4, 0.5) is 4.39 Å². The van der Waals surface area contributed by atoms with Gasteiger partial charge in [0.15, 0.2) is 11.6 Å². The summed E-state index contributed by atoms with van der Waals surface area (Å²) in [5.74, 6) is -0.841. The third kappa shape index (κ3) is 4.33. The van der Waals surface area contributed by atoms with Crippen molar-refractivity contribution in [1.29, 1.82) is 0 Å². The van der Waals surface area contributed by atoms with Crippen LogP contribution in [0, 0.1) is 5.82 Å². The van der Waals surface area contributed by atoms with E-state index in [1.54, 1.807) is 6.07 Å². The molecule has 0 aromatic heterocycles. The molecule has 1 aliphatic carbocycles. The van der Waals surface area contributed by atoms with Gasteiger partial charge in [-0.1, -0.05) is 27.9 Å². The van der Waals surface area contributed by atoms with E-state index in [-0.39, 0.29) is 37.1 Å². The zero-order valence-electron chi connectivity index (χ0n) is 17.7. The molecule has 0 spiro atoms. The van der Waals surface area contributed by atoms with Crippen LogP contribution in [0.3, 0.4) is 0 Å². The van der Waals surface area contributed by atoms with Gasteiger partial charge in [-0.25, -0.2) is 4.39 Å². The lowest BCUT2D eigenvalue weighted by Crippen LogP contribution is -2.49. The van der Waals surface area contributed by atoms with Gasteiger partial charge in [0, 0.05) is 23.8 Å². The van der Waals surface area contributed by atoms with Crippen LogP contribution < -0.4 is 10.1 Å². The van der Waals surface area contributed by atoms with E-state index in [0.717, 1.165) is 32.4 Å². The van der Waals surface area contributed by atoms with Crippen molar-refractivity contribution < 1.29 is 18.7 Å². The standard InChI is InChI=1S/C23H30FN3O3.CH4/c1-4-26(5-2)18-7-6-8-20(18)30-21-11-15-13-27(23(29)16(15)12-17(21)24)19-10-9-14(3)25-22(19)28;/h11-12,18-20H,3-10,13H2,1-2H3,(H,25,28);1H4/t18-,19?,20+;/m0./s1. The number of likely N-dealkylation sites (N-methyl/N-ethyl adjacent to an activating group) is 1. The van der Waals surface area contributed by atoms with Crippen LogP contribution in [-0.2, 0) is 11.3 Å². The summed E-state index contributed by atoms with van der Waals surface area (Å²) in [6.07, 6.45) is 4.12. The Hall–Kier alpha value is -2.41. The summed E-state index contributed by atoms with van der Waals surface area (Å²) >= 11 is 0. The van der Waals surface area contributed by atoms with E-state index in [0.29, 0.717) is 36.2 Å². The van der Waals surface area contributed by atoms with E-state index in [9.17, 15) is 14.0 Å². The first kappa shape index (κ1) is 23.3. The van der Waals surface area contributed by atoms with Crippen molar-refractivity contribution in [2.24, 2.45) is 0 Å². The van der Waals surface area contributed by atoms with Crippen molar-refractivity contribution in [3.63, 3.8) is 0 Å². The minimum atomic E-state index is -0.551. The van der Waals surface area contributed by atoms with Crippen LogP contribution in [0.5, 0.6) is 5.75 Å². The number of hydrogen-bond acceptors (Lipinski definition) is 4. The molecule has 1 aromatic carbocycles. The molecule has 1 unspecified atom stereocenters. The number of hydrogen-bond donors (Lipinski definition) is 1. The molecule has 1 N–H and O–H groups in total. The number of ether oxygens (including phenoxy) is 1. The van der Waals surface area contributed by atoms with Crippen molar-refractivity contribution in [3.05, 3.63) is 41.4 Å². The maximum absolute atomic E-state index is 14.9. The monoisotopic (exact) mass is 431 g/mol. The van der Waals surface area contributed by atoms with E-state index in [1.165, 1.54) is 11.0 Å². The predicted molar refractivity (Wildman–Crippen MR) is 118 cm³/mol. The topological polar surface area (TPSA) is 61.9 Å². The summed E-state index contributed by atoms with van der Waals surface area (Å²) in [5.41, 5.74) is 1.70. The summed E-state index contributed by atoms with van der Waals surface area (Å²) in [7, 11) is 0. The molecule has 0 radical (unpaired) electrons. The first-order chi connectivity index (χ1) is 14.4. The summed E-state index contributed by atoms with van der Waals surface area (Å²) in [6, 6.07) is 2.66. The summed E-state index contributed by atoms with van der Waals surface area (Å²) in [5, 5.41) is 2.72. The van der Waals surface area contributed by atoms with Crippen LogP contribution in [0.25, 0.3) is 0 Å². The number of rotatable bonds is 6. The molecular formula is C24H34FN3O3. The van der Waals surface area contributed by atoms with Crippen LogP contribution in [0.2, 0.25) is 0 Å². The molecular weight excluding hydrogens is 397 g/mol. The molecule has 31 heavy (non-hydrogen) atoms. The number of halogens is 1. The normalized spacial score (nSPS) is 25.5. The first-order valence-corrected chi connectivity index (χ1v) is 11.0. The fourth-order valence-electron chi connectivity index (χ4n) is 5.05. The van der Waals surface area contributed by atoms with Crippen LogP contribution in [0.1, 0.15) is 69.3 Å². The van der Waals surface area contributed by atoms with Gasteiger partial charge in [0.1, 0.15) is 12.1 Å². The number of benzene rings is 1. The predicted octanol–water partition coefficient (Wildman–Crippen LogP) is 3.85. The quantitative estimate of drug-likeness (QED) is 0.743. The highest BCUT2D eigenvalue weighted by Crippen LogP contribution is 2.35. The number of allylic oxidation sites excluding steroid dienone is 1. The molecule has 2 aliphatic heterocycles. The Morgan fingerprint density at radius 3 is 2.65 bits per heavy atom. The SMILES string of the molecule is C.C=C1CCC(N2Cc3cc(O[C@@H]4CCC[C@@H]4N(CC)CC)c(F)cc3C2=O)C(=O)N1. The first-order valence-electron chi connectivity index (χ1n) is 11.0. The largest absolute Gasteiger partial charge is 0.486 e. The highest BCUT2D eigenvalue weighted by Gasteiger charge is 2.39. The molecule has 170 valence electrons. The molecule has 6 nitrogen and oxygen atoms in total. The molecule has 2 fully saturated rings. The molecule has 1 saturated carbocycles. The van der Waals surface area contributed by atoms with Gasteiger partial charge < -0.3 is 15.0 Å². The van der Waals surface area contributed by atoms with E-state index in [4.69, 9.17) is 4.74 Å². The van der Waals surface area contributed by atoms with Gasteiger partial charge in [0.25, 0.3) is 5.91 Å². The van der Waals surface area contributed by atoms with Gasteiger partial charge in [0.2, 0.25) is 5.91 Å².